The summed E-state index contributed by atoms with van der Waals surface area (Å²) in [5, 5.41) is 10.6. The van der Waals surface area contributed by atoms with Gasteiger partial charge in [0.2, 0.25) is 5.95 Å². The zero-order valence-electron chi connectivity index (χ0n) is 10.8. The molecule has 98 valence electrons. The molecule has 8 heteroatoms. The van der Waals surface area contributed by atoms with E-state index in [1.807, 2.05) is 4.90 Å². The number of carbonyl (C=O) groups is 1. The van der Waals surface area contributed by atoms with E-state index in [9.17, 15) is 14.3 Å². The Kier molecular flexibility index (Phi) is 5.29. The largest absolute Gasteiger partial charge is 1.00 e. The zero-order chi connectivity index (χ0) is 13.2. The molecule has 0 unspecified atom stereocenters. The number of nitrogen functional groups attached to an aromatic ring is 1. The van der Waals surface area contributed by atoms with E-state index >= 15 is 0 Å². The molecule has 0 amide bonds. The quantitative estimate of drug-likeness (QED) is 0.558. The van der Waals surface area contributed by atoms with E-state index in [4.69, 9.17) is 5.73 Å². The Balaban J connectivity index is 0.00000180. The van der Waals surface area contributed by atoms with Crippen molar-refractivity contribution in [2.24, 2.45) is 0 Å². The summed E-state index contributed by atoms with van der Waals surface area (Å²) >= 11 is 0. The monoisotopic (exact) mass is 260 g/mol. The van der Waals surface area contributed by atoms with Gasteiger partial charge in [0.25, 0.3) is 0 Å². The number of alkyl halides is 1. The van der Waals surface area contributed by atoms with Crippen LogP contribution in [0.5, 0.6) is 0 Å². The van der Waals surface area contributed by atoms with Gasteiger partial charge in [0.15, 0.2) is 5.67 Å². The Hall–Kier alpha value is -1.16. The van der Waals surface area contributed by atoms with Gasteiger partial charge in [-0.2, -0.15) is 0 Å². The minimum Gasteiger partial charge on any atom is -0.547 e. The molecule has 0 radical (unpaired) electrons. The van der Waals surface area contributed by atoms with E-state index in [1.165, 1.54) is 0 Å². The summed E-state index contributed by atoms with van der Waals surface area (Å²) in [6, 6.07) is 0. The normalized spacial score (nSPS) is 18.6. The summed E-state index contributed by atoms with van der Waals surface area (Å²) in [6.07, 6.45) is 3.12. The second kappa shape index (κ2) is 6.33. The minimum atomic E-state index is -2.19. The molecule has 1 aromatic rings. The number of piperidine rings is 1. The van der Waals surface area contributed by atoms with Crippen LogP contribution in [-0.4, -0.2) is 39.6 Å². The van der Waals surface area contributed by atoms with Crippen LogP contribution in [0, 0.1) is 0 Å². The number of rotatable bonds is 3. The van der Waals surface area contributed by atoms with Gasteiger partial charge in [0.1, 0.15) is 0 Å². The maximum absolute atomic E-state index is 13.7. The number of aliphatic carboxylic acids is 1. The van der Waals surface area contributed by atoms with Gasteiger partial charge < -0.3 is 15.6 Å². The van der Waals surface area contributed by atoms with Crippen molar-refractivity contribution in [3.63, 3.8) is 0 Å². The maximum atomic E-state index is 13.7. The van der Waals surface area contributed by atoms with Crippen molar-refractivity contribution in [2.45, 2.75) is 25.1 Å². The van der Waals surface area contributed by atoms with Gasteiger partial charge >= 0.3 is 18.9 Å². The molecular weight excluding hydrogens is 246 g/mol. The first-order chi connectivity index (χ1) is 8.49. The van der Waals surface area contributed by atoms with E-state index in [-0.39, 0.29) is 37.7 Å². The number of likely N-dealkylation sites (tertiary alicyclic amines) is 1. The van der Waals surface area contributed by atoms with Crippen molar-refractivity contribution < 1.29 is 33.2 Å². The predicted octanol–water partition coefficient (Wildman–Crippen LogP) is -3.88. The van der Waals surface area contributed by atoms with Gasteiger partial charge in [-0.05, 0) is 12.8 Å². The van der Waals surface area contributed by atoms with Crippen LogP contribution in [0.3, 0.4) is 0 Å². The molecule has 2 heterocycles. The Morgan fingerprint density at radius 3 is 2.42 bits per heavy atom. The molecule has 2 rings (SSSR count). The third kappa shape index (κ3) is 3.90. The van der Waals surface area contributed by atoms with Crippen molar-refractivity contribution in [1.82, 2.24) is 14.9 Å². The van der Waals surface area contributed by atoms with Crippen LogP contribution in [-0.2, 0) is 11.3 Å². The summed E-state index contributed by atoms with van der Waals surface area (Å²) in [7, 11) is 0. The Labute approximate surface area is 122 Å². The average Bonchev–Trinajstić information content (AvgIpc) is 2.35. The number of hydrogen-bond acceptors (Lipinski definition) is 6. The van der Waals surface area contributed by atoms with E-state index < -0.39 is 11.6 Å². The molecule has 6 nitrogen and oxygen atoms in total. The number of halogens is 1. The van der Waals surface area contributed by atoms with E-state index in [0.717, 1.165) is 5.56 Å². The molecule has 1 saturated heterocycles. The second-order valence-corrected chi connectivity index (χ2v) is 4.48. The first-order valence-corrected chi connectivity index (χ1v) is 5.69. The van der Waals surface area contributed by atoms with Crippen molar-refractivity contribution in [3.05, 3.63) is 18.0 Å². The third-order valence-electron chi connectivity index (χ3n) is 3.15. The molecule has 0 saturated carbocycles. The number of aromatic nitrogens is 2. The van der Waals surface area contributed by atoms with Crippen molar-refractivity contribution in [2.75, 3.05) is 18.8 Å². The van der Waals surface area contributed by atoms with Crippen LogP contribution in [0.1, 0.15) is 18.4 Å². The summed E-state index contributed by atoms with van der Waals surface area (Å²) in [4.78, 5) is 20.3. The molecule has 1 aromatic heterocycles. The fraction of sp³-hybridized carbons (Fsp3) is 0.545. The molecular formula is C11H14FLiN4O2. The number of hydrogen-bond donors (Lipinski definition) is 1. The van der Waals surface area contributed by atoms with E-state index in [2.05, 4.69) is 9.97 Å². The number of nitrogens with two attached hydrogens (primary N) is 1. The first kappa shape index (κ1) is 15.9. The smallest absolute Gasteiger partial charge is 0.547 e. The van der Waals surface area contributed by atoms with Crippen molar-refractivity contribution in [3.8, 4) is 0 Å². The van der Waals surface area contributed by atoms with Crippen LogP contribution < -0.4 is 29.7 Å². The molecule has 2 N–H and O–H groups in total. The topological polar surface area (TPSA) is 95.2 Å². The Morgan fingerprint density at radius 2 is 1.95 bits per heavy atom. The number of anilines is 1. The standard InChI is InChI=1S/C11H15FN4O2.Li/c12-11(9(17)18)1-3-16(4-2-11)7-8-5-14-10(13)15-6-8;/h5-6H,1-4,7H2,(H,17,18)(H2,13,14,15);/q;+1/p-1. The fourth-order valence-corrected chi connectivity index (χ4v) is 1.97. The molecule has 19 heavy (non-hydrogen) atoms. The summed E-state index contributed by atoms with van der Waals surface area (Å²) in [6.45, 7) is 1.30. The maximum Gasteiger partial charge on any atom is 1.00 e. The number of carbonyl (C=O) groups excluding carboxylic acids is 1. The van der Waals surface area contributed by atoms with Crippen LogP contribution in [0.4, 0.5) is 10.3 Å². The summed E-state index contributed by atoms with van der Waals surface area (Å²) in [5.74, 6) is -1.41. The third-order valence-corrected chi connectivity index (χ3v) is 3.15. The van der Waals surface area contributed by atoms with Crippen molar-refractivity contribution >= 4 is 11.9 Å². The zero-order valence-corrected chi connectivity index (χ0v) is 10.8. The number of carboxylic acids is 1. The van der Waals surface area contributed by atoms with E-state index in [0.29, 0.717) is 19.6 Å². The van der Waals surface area contributed by atoms with Crippen LogP contribution >= 0.6 is 0 Å². The van der Waals surface area contributed by atoms with Gasteiger partial charge in [-0.3, -0.25) is 4.90 Å². The Morgan fingerprint density at radius 1 is 1.42 bits per heavy atom. The van der Waals surface area contributed by atoms with Gasteiger partial charge in [0, 0.05) is 37.6 Å². The predicted molar refractivity (Wildman–Crippen MR) is 59.8 cm³/mol. The van der Waals surface area contributed by atoms with Crippen LogP contribution in [0.15, 0.2) is 12.4 Å². The minimum absolute atomic E-state index is 0. The summed E-state index contributed by atoms with van der Waals surface area (Å²) < 4.78 is 13.7. The van der Waals surface area contributed by atoms with Crippen molar-refractivity contribution in [1.29, 1.82) is 0 Å². The molecule has 1 fully saturated rings. The van der Waals surface area contributed by atoms with Crippen LogP contribution in [0.2, 0.25) is 0 Å². The van der Waals surface area contributed by atoms with Crippen LogP contribution in [0.25, 0.3) is 0 Å². The van der Waals surface area contributed by atoms with Gasteiger partial charge in [-0.15, -0.1) is 0 Å². The molecule has 1 aliphatic rings. The summed E-state index contributed by atoms with van der Waals surface area (Å²) in [5.41, 5.74) is 4.05. The molecule has 0 atom stereocenters. The molecule has 1 aliphatic heterocycles. The average molecular weight is 260 g/mol. The molecule has 0 bridgehead atoms. The first-order valence-electron chi connectivity index (χ1n) is 5.69. The SMILES string of the molecule is Nc1ncc(CN2CCC(F)(C(=O)[O-])CC2)cn1.[Li+]. The fourth-order valence-electron chi connectivity index (χ4n) is 1.97. The second-order valence-electron chi connectivity index (χ2n) is 4.48. The van der Waals surface area contributed by atoms with Gasteiger partial charge in [-0.25, -0.2) is 14.4 Å². The van der Waals surface area contributed by atoms with Gasteiger partial charge in [0.05, 0.1) is 5.97 Å². The molecule has 0 spiro atoms. The van der Waals surface area contributed by atoms with Gasteiger partial charge in [-0.1, -0.05) is 0 Å². The molecule has 0 aromatic carbocycles. The molecule has 0 aliphatic carbocycles. The van der Waals surface area contributed by atoms with E-state index in [1.54, 1.807) is 12.4 Å². The number of carboxylic acid groups (broad SMARTS) is 1. The Bertz CT molecular complexity index is 435. The number of nitrogens with zero attached hydrogens (tertiary/aromatic N) is 3.